The molecule has 0 amide bonds. The highest BCUT2D eigenvalue weighted by atomic mass is 79.9. The summed E-state index contributed by atoms with van der Waals surface area (Å²) in [6.45, 7) is 0. The molecule has 16 heavy (non-hydrogen) atoms. The maximum atomic E-state index is 14.5. The first-order valence-electron chi connectivity index (χ1n) is 5.61. The number of nitrogens with zero attached hydrogens (tertiary/aromatic N) is 1. The van der Waals surface area contributed by atoms with E-state index in [1.54, 1.807) is 12.4 Å². The standard InChI is InChI=1S/C12H16BrFN2/c13-10-5-9(7-16-8-10)6-12(14)3-1-11(15)2-4-12/h5,7-8,11H,1-4,6,15H2. The summed E-state index contributed by atoms with van der Waals surface area (Å²) < 4.78 is 15.4. The van der Waals surface area contributed by atoms with E-state index < -0.39 is 5.67 Å². The highest BCUT2D eigenvalue weighted by molar-refractivity contribution is 9.10. The Morgan fingerprint density at radius 3 is 2.75 bits per heavy atom. The summed E-state index contributed by atoms with van der Waals surface area (Å²) in [5.41, 5.74) is 5.65. The molecule has 1 aromatic heterocycles. The van der Waals surface area contributed by atoms with Crippen LogP contribution in [0.4, 0.5) is 4.39 Å². The first-order chi connectivity index (χ1) is 7.57. The summed E-state index contributed by atoms with van der Waals surface area (Å²) in [7, 11) is 0. The van der Waals surface area contributed by atoms with Gasteiger partial charge in [-0.2, -0.15) is 0 Å². The van der Waals surface area contributed by atoms with E-state index in [4.69, 9.17) is 5.73 Å². The molecule has 88 valence electrons. The van der Waals surface area contributed by atoms with Gasteiger partial charge < -0.3 is 5.73 Å². The van der Waals surface area contributed by atoms with Crippen molar-refractivity contribution in [1.29, 1.82) is 0 Å². The minimum absolute atomic E-state index is 0.185. The van der Waals surface area contributed by atoms with Gasteiger partial charge in [-0.15, -0.1) is 0 Å². The van der Waals surface area contributed by atoms with E-state index in [0.29, 0.717) is 19.3 Å². The number of hydrogen-bond donors (Lipinski definition) is 1. The van der Waals surface area contributed by atoms with Crippen LogP contribution < -0.4 is 5.73 Å². The van der Waals surface area contributed by atoms with Gasteiger partial charge >= 0.3 is 0 Å². The molecule has 0 unspecified atom stereocenters. The zero-order valence-electron chi connectivity index (χ0n) is 9.13. The van der Waals surface area contributed by atoms with Crippen molar-refractivity contribution in [3.8, 4) is 0 Å². The molecule has 0 spiro atoms. The van der Waals surface area contributed by atoms with Gasteiger partial charge in [0.15, 0.2) is 0 Å². The Balaban J connectivity index is 2.03. The summed E-state index contributed by atoms with van der Waals surface area (Å²) in [4.78, 5) is 4.06. The molecule has 1 heterocycles. The van der Waals surface area contributed by atoms with Gasteiger partial charge in [0.2, 0.25) is 0 Å². The molecule has 1 aromatic rings. The van der Waals surface area contributed by atoms with Gasteiger partial charge in [0.1, 0.15) is 5.67 Å². The molecule has 0 aliphatic heterocycles. The lowest BCUT2D eigenvalue weighted by atomic mass is 9.80. The average Bonchev–Trinajstić information content (AvgIpc) is 2.23. The van der Waals surface area contributed by atoms with E-state index in [1.165, 1.54) is 0 Å². The molecule has 2 N–H and O–H groups in total. The maximum absolute atomic E-state index is 14.5. The Bertz CT molecular complexity index is 362. The molecule has 1 aliphatic carbocycles. The highest BCUT2D eigenvalue weighted by Crippen LogP contribution is 2.34. The summed E-state index contributed by atoms with van der Waals surface area (Å²) >= 11 is 3.35. The van der Waals surface area contributed by atoms with Gasteiger partial charge in [-0.3, -0.25) is 4.98 Å². The minimum atomic E-state index is -1.08. The van der Waals surface area contributed by atoms with Gasteiger partial charge in [0.05, 0.1) is 0 Å². The van der Waals surface area contributed by atoms with Crippen molar-refractivity contribution in [1.82, 2.24) is 4.98 Å². The molecule has 0 radical (unpaired) electrons. The average molecular weight is 287 g/mol. The number of halogens is 2. The molecule has 0 atom stereocenters. The zero-order chi connectivity index (χ0) is 11.6. The largest absolute Gasteiger partial charge is 0.328 e. The number of alkyl halides is 1. The quantitative estimate of drug-likeness (QED) is 0.908. The van der Waals surface area contributed by atoms with Crippen molar-refractivity contribution in [2.75, 3.05) is 0 Å². The van der Waals surface area contributed by atoms with Crippen LogP contribution in [0.3, 0.4) is 0 Å². The lowest BCUT2D eigenvalue weighted by Crippen LogP contribution is -2.37. The van der Waals surface area contributed by atoms with E-state index in [1.807, 2.05) is 6.07 Å². The van der Waals surface area contributed by atoms with E-state index in [9.17, 15) is 4.39 Å². The minimum Gasteiger partial charge on any atom is -0.328 e. The van der Waals surface area contributed by atoms with E-state index in [0.717, 1.165) is 22.9 Å². The van der Waals surface area contributed by atoms with Gasteiger partial charge in [-0.1, -0.05) is 0 Å². The Morgan fingerprint density at radius 1 is 1.44 bits per heavy atom. The Kier molecular flexibility index (Phi) is 3.60. The molecule has 1 saturated carbocycles. The van der Waals surface area contributed by atoms with Crippen molar-refractivity contribution >= 4 is 15.9 Å². The Hall–Kier alpha value is -0.480. The van der Waals surface area contributed by atoms with Crippen LogP contribution in [-0.4, -0.2) is 16.7 Å². The van der Waals surface area contributed by atoms with Crippen molar-refractivity contribution in [2.24, 2.45) is 5.73 Å². The zero-order valence-corrected chi connectivity index (χ0v) is 10.7. The lowest BCUT2D eigenvalue weighted by molar-refractivity contribution is 0.0994. The van der Waals surface area contributed by atoms with Crippen molar-refractivity contribution < 1.29 is 4.39 Å². The van der Waals surface area contributed by atoms with Gasteiger partial charge in [-0.05, 0) is 53.2 Å². The Labute approximate surface area is 104 Å². The SMILES string of the molecule is NC1CCC(F)(Cc2cncc(Br)c2)CC1. The second-order valence-corrected chi connectivity index (χ2v) is 5.59. The summed E-state index contributed by atoms with van der Waals surface area (Å²) in [5, 5.41) is 0. The van der Waals surface area contributed by atoms with Crippen LogP contribution in [0.25, 0.3) is 0 Å². The fourth-order valence-corrected chi connectivity index (χ4v) is 2.66. The van der Waals surface area contributed by atoms with Crippen LogP contribution >= 0.6 is 15.9 Å². The third-order valence-corrected chi connectivity index (χ3v) is 3.64. The van der Waals surface area contributed by atoms with Crippen LogP contribution in [0.15, 0.2) is 22.9 Å². The first kappa shape index (κ1) is 12.0. The van der Waals surface area contributed by atoms with Crippen LogP contribution in [-0.2, 0) is 6.42 Å². The monoisotopic (exact) mass is 286 g/mol. The first-order valence-corrected chi connectivity index (χ1v) is 6.41. The van der Waals surface area contributed by atoms with Crippen LogP contribution in [0, 0.1) is 0 Å². The van der Waals surface area contributed by atoms with Gasteiger partial charge in [-0.25, -0.2) is 4.39 Å². The number of pyridine rings is 1. The fourth-order valence-electron chi connectivity index (χ4n) is 2.25. The molecule has 4 heteroatoms. The number of nitrogens with two attached hydrogens (primary N) is 1. The van der Waals surface area contributed by atoms with Crippen LogP contribution in [0.1, 0.15) is 31.2 Å². The predicted octanol–water partition coefficient (Wildman–Crippen LogP) is 3.00. The lowest BCUT2D eigenvalue weighted by Gasteiger charge is -2.32. The third kappa shape index (κ3) is 3.01. The third-order valence-electron chi connectivity index (χ3n) is 3.21. The molecule has 0 bridgehead atoms. The van der Waals surface area contributed by atoms with Crippen molar-refractivity contribution in [3.05, 3.63) is 28.5 Å². The smallest absolute Gasteiger partial charge is 0.115 e. The summed E-state index contributed by atoms with van der Waals surface area (Å²) in [6.07, 6.45) is 6.62. The van der Waals surface area contributed by atoms with Crippen LogP contribution in [0.2, 0.25) is 0 Å². The molecular formula is C12H16BrFN2. The fraction of sp³-hybridized carbons (Fsp3) is 0.583. The van der Waals surface area contributed by atoms with Crippen LogP contribution in [0.5, 0.6) is 0 Å². The second kappa shape index (κ2) is 4.80. The predicted molar refractivity (Wildman–Crippen MR) is 65.9 cm³/mol. The van der Waals surface area contributed by atoms with Gasteiger partial charge in [0.25, 0.3) is 0 Å². The molecule has 1 aliphatic rings. The highest BCUT2D eigenvalue weighted by Gasteiger charge is 2.34. The number of aromatic nitrogens is 1. The number of hydrogen-bond acceptors (Lipinski definition) is 2. The molecule has 2 rings (SSSR count). The summed E-state index contributed by atoms with van der Waals surface area (Å²) in [5.74, 6) is 0. The van der Waals surface area contributed by atoms with Crippen molar-refractivity contribution in [2.45, 2.75) is 43.8 Å². The normalized spacial score (nSPS) is 30.3. The molecule has 0 aromatic carbocycles. The Morgan fingerprint density at radius 2 is 2.12 bits per heavy atom. The van der Waals surface area contributed by atoms with Gasteiger partial charge in [0, 0.05) is 29.3 Å². The molecule has 0 saturated heterocycles. The topological polar surface area (TPSA) is 38.9 Å². The number of rotatable bonds is 2. The molecular weight excluding hydrogens is 271 g/mol. The summed E-state index contributed by atoms with van der Waals surface area (Å²) in [6, 6.07) is 2.12. The molecule has 1 fully saturated rings. The van der Waals surface area contributed by atoms with E-state index >= 15 is 0 Å². The maximum Gasteiger partial charge on any atom is 0.115 e. The van der Waals surface area contributed by atoms with E-state index in [-0.39, 0.29) is 6.04 Å². The van der Waals surface area contributed by atoms with Crippen molar-refractivity contribution in [3.63, 3.8) is 0 Å². The molecule has 2 nitrogen and oxygen atoms in total. The second-order valence-electron chi connectivity index (χ2n) is 4.68. The van der Waals surface area contributed by atoms with E-state index in [2.05, 4.69) is 20.9 Å².